The molecule has 0 aliphatic heterocycles. The molecule has 64 valence electrons. The van der Waals surface area contributed by atoms with Crippen molar-refractivity contribution in [3.8, 4) is 0 Å². The minimum absolute atomic E-state index is 0.181. The van der Waals surface area contributed by atoms with E-state index in [2.05, 4.69) is 15.9 Å². The van der Waals surface area contributed by atoms with Crippen molar-refractivity contribution >= 4 is 15.9 Å². The van der Waals surface area contributed by atoms with Crippen molar-refractivity contribution in [1.29, 1.82) is 0 Å². The number of nitro groups is 1. The summed E-state index contributed by atoms with van der Waals surface area (Å²) in [5.41, 5.74) is 0.898. The van der Waals surface area contributed by atoms with Crippen molar-refractivity contribution in [2.45, 2.75) is 6.42 Å². The van der Waals surface area contributed by atoms with Gasteiger partial charge in [-0.3, -0.25) is 10.1 Å². The smallest absolute Gasteiger partial charge is 0.258 e. The number of alkyl halides is 1. The lowest BCUT2D eigenvalue weighted by Gasteiger charge is -1.95. The molecule has 0 aromatic rings. The number of nitrogens with zero attached hydrogens (tertiary/aromatic N) is 1. The van der Waals surface area contributed by atoms with E-state index in [9.17, 15) is 10.1 Å². The average molecular weight is 230 g/mol. The Morgan fingerprint density at radius 3 is 2.75 bits per heavy atom. The summed E-state index contributed by atoms with van der Waals surface area (Å²) in [4.78, 5) is 10.2. The third-order valence-electron chi connectivity index (χ3n) is 1.54. The normalized spacial score (nSPS) is 16.4. The predicted octanol–water partition coefficient (Wildman–Crippen LogP) is 2.43. The highest BCUT2D eigenvalue weighted by molar-refractivity contribution is 9.09. The van der Waals surface area contributed by atoms with Gasteiger partial charge in [-0.05, 0) is 6.42 Å². The molecule has 0 aromatic carbocycles. The summed E-state index contributed by atoms with van der Waals surface area (Å²) in [6.45, 7) is 0. The third kappa shape index (κ3) is 2.04. The molecule has 0 saturated heterocycles. The van der Waals surface area contributed by atoms with Crippen LogP contribution in [0.1, 0.15) is 6.42 Å². The molecule has 1 aliphatic carbocycles. The van der Waals surface area contributed by atoms with E-state index in [0.29, 0.717) is 10.9 Å². The second-order valence-corrected chi connectivity index (χ2v) is 2.90. The van der Waals surface area contributed by atoms with Crippen LogP contribution in [0.25, 0.3) is 0 Å². The van der Waals surface area contributed by atoms with Gasteiger partial charge in [-0.15, -0.1) is 0 Å². The third-order valence-corrected chi connectivity index (χ3v) is 2.14. The van der Waals surface area contributed by atoms with Gasteiger partial charge in [0, 0.05) is 17.0 Å². The molecule has 0 aromatic heterocycles. The molecule has 4 heteroatoms. The van der Waals surface area contributed by atoms with Gasteiger partial charge in [0.1, 0.15) is 0 Å². The van der Waals surface area contributed by atoms with Gasteiger partial charge in [0.25, 0.3) is 5.70 Å². The van der Waals surface area contributed by atoms with Crippen LogP contribution in [-0.4, -0.2) is 10.3 Å². The van der Waals surface area contributed by atoms with Gasteiger partial charge in [0.15, 0.2) is 0 Å². The van der Waals surface area contributed by atoms with Crippen LogP contribution in [0.15, 0.2) is 35.6 Å². The minimum Gasteiger partial charge on any atom is -0.258 e. The molecule has 1 rings (SSSR count). The standard InChI is InChI=1S/C8H8BrNO2/c9-6-7-4-2-1-3-5-8(7)10(11)12/h2-5H,1,6H2. The molecule has 0 heterocycles. The Hall–Kier alpha value is -0.900. The Morgan fingerprint density at radius 2 is 2.17 bits per heavy atom. The highest BCUT2D eigenvalue weighted by Crippen LogP contribution is 2.15. The van der Waals surface area contributed by atoms with Crippen LogP contribution in [0.4, 0.5) is 0 Å². The zero-order valence-electron chi connectivity index (χ0n) is 6.37. The lowest BCUT2D eigenvalue weighted by molar-refractivity contribution is -0.419. The van der Waals surface area contributed by atoms with Crippen LogP contribution in [0, 0.1) is 10.1 Å². The molecular formula is C8H8BrNO2. The van der Waals surface area contributed by atoms with E-state index in [4.69, 9.17) is 0 Å². The van der Waals surface area contributed by atoms with Crippen LogP contribution in [-0.2, 0) is 0 Å². The predicted molar refractivity (Wildman–Crippen MR) is 50.7 cm³/mol. The molecule has 12 heavy (non-hydrogen) atoms. The van der Waals surface area contributed by atoms with Crippen molar-refractivity contribution < 1.29 is 4.92 Å². The highest BCUT2D eigenvalue weighted by atomic mass is 79.9. The first-order valence-corrected chi connectivity index (χ1v) is 4.64. The van der Waals surface area contributed by atoms with Crippen molar-refractivity contribution in [2.24, 2.45) is 0 Å². The Bertz CT molecular complexity index is 279. The zero-order chi connectivity index (χ0) is 8.97. The Balaban J connectivity index is 3.07. The van der Waals surface area contributed by atoms with E-state index >= 15 is 0 Å². The van der Waals surface area contributed by atoms with E-state index in [1.165, 1.54) is 0 Å². The molecule has 3 nitrogen and oxygen atoms in total. The van der Waals surface area contributed by atoms with Gasteiger partial charge in [0.2, 0.25) is 0 Å². The summed E-state index contributed by atoms with van der Waals surface area (Å²) in [5, 5.41) is 11.0. The fraction of sp³-hybridized carbons (Fsp3) is 0.250. The lowest BCUT2D eigenvalue weighted by Crippen LogP contribution is -1.99. The molecule has 0 amide bonds. The Labute approximate surface area is 78.7 Å². The second kappa shape index (κ2) is 4.21. The summed E-state index contributed by atoms with van der Waals surface area (Å²) < 4.78 is 0. The molecule has 1 aliphatic rings. The van der Waals surface area contributed by atoms with E-state index in [1.54, 1.807) is 18.2 Å². The molecule has 0 atom stereocenters. The molecular weight excluding hydrogens is 222 g/mol. The topological polar surface area (TPSA) is 43.1 Å². The number of allylic oxidation sites excluding steroid dienone is 5. The average Bonchev–Trinajstić information content (AvgIpc) is 2.27. The zero-order valence-corrected chi connectivity index (χ0v) is 7.95. The Kier molecular flexibility index (Phi) is 3.22. The summed E-state index contributed by atoms with van der Waals surface area (Å²) in [7, 11) is 0. The number of rotatable bonds is 2. The van der Waals surface area contributed by atoms with Gasteiger partial charge in [0.05, 0.1) is 4.92 Å². The first-order chi connectivity index (χ1) is 5.75. The first kappa shape index (κ1) is 9.19. The molecule has 0 bridgehead atoms. The number of hydrogen-bond donors (Lipinski definition) is 0. The maximum absolute atomic E-state index is 10.5. The monoisotopic (exact) mass is 229 g/mol. The first-order valence-electron chi connectivity index (χ1n) is 3.52. The SMILES string of the molecule is O=[N+]([O-])C1=C(CBr)C=CCC=C1. The summed E-state index contributed by atoms with van der Waals surface area (Å²) in [6.07, 6.45) is 7.78. The minimum atomic E-state index is -0.358. The van der Waals surface area contributed by atoms with Crippen molar-refractivity contribution in [3.05, 3.63) is 45.7 Å². The highest BCUT2D eigenvalue weighted by Gasteiger charge is 2.12. The molecule has 0 radical (unpaired) electrons. The lowest BCUT2D eigenvalue weighted by atomic mass is 10.2. The van der Waals surface area contributed by atoms with Crippen molar-refractivity contribution in [2.75, 3.05) is 5.33 Å². The maximum atomic E-state index is 10.5. The second-order valence-electron chi connectivity index (χ2n) is 2.34. The van der Waals surface area contributed by atoms with Crippen molar-refractivity contribution in [3.63, 3.8) is 0 Å². The largest absolute Gasteiger partial charge is 0.273 e. The van der Waals surface area contributed by atoms with Crippen LogP contribution in [0.2, 0.25) is 0 Å². The van der Waals surface area contributed by atoms with Gasteiger partial charge in [-0.25, -0.2) is 0 Å². The number of halogens is 1. The van der Waals surface area contributed by atoms with Crippen LogP contribution in [0.3, 0.4) is 0 Å². The molecule has 0 fully saturated rings. The summed E-state index contributed by atoms with van der Waals surface area (Å²) in [5.74, 6) is 0. The van der Waals surface area contributed by atoms with Gasteiger partial charge >= 0.3 is 0 Å². The van der Waals surface area contributed by atoms with Gasteiger partial charge in [-0.2, -0.15) is 0 Å². The quantitative estimate of drug-likeness (QED) is 0.415. The van der Waals surface area contributed by atoms with Crippen LogP contribution in [0.5, 0.6) is 0 Å². The fourth-order valence-electron chi connectivity index (χ4n) is 0.952. The maximum Gasteiger partial charge on any atom is 0.273 e. The Morgan fingerprint density at radius 1 is 1.50 bits per heavy atom. The summed E-state index contributed by atoms with van der Waals surface area (Å²) >= 11 is 3.21. The molecule has 0 saturated carbocycles. The van der Waals surface area contributed by atoms with Crippen LogP contribution < -0.4 is 0 Å². The number of hydrogen-bond acceptors (Lipinski definition) is 2. The van der Waals surface area contributed by atoms with E-state index < -0.39 is 0 Å². The van der Waals surface area contributed by atoms with Gasteiger partial charge < -0.3 is 0 Å². The van der Waals surface area contributed by atoms with Crippen molar-refractivity contribution in [1.82, 2.24) is 0 Å². The van der Waals surface area contributed by atoms with E-state index in [0.717, 1.165) is 6.42 Å². The molecule has 0 spiro atoms. The molecule has 0 unspecified atom stereocenters. The van der Waals surface area contributed by atoms with E-state index in [1.807, 2.05) is 6.08 Å². The van der Waals surface area contributed by atoms with Crippen LogP contribution >= 0.6 is 15.9 Å². The van der Waals surface area contributed by atoms with Gasteiger partial charge in [-0.1, -0.05) is 34.2 Å². The fourth-order valence-corrected chi connectivity index (χ4v) is 1.43. The summed E-state index contributed by atoms with van der Waals surface area (Å²) in [6, 6.07) is 0. The molecule has 0 N–H and O–H groups in total. The van der Waals surface area contributed by atoms with E-state index in [-0.39, 0.29) is 10.6 Å².